The van der Waals surface area contributed by atoms with Gasteiger partial charge >= 0.3 is 0 Å². The second-order valence-corrected chi connectivity index (χ2v) is 6.24. The normalized spacial score (nSPS) is 25.7. The third-order valence-electron chi connectivity index (χ3n) is 3.23. The molecule has 0 N–H and O–H groups in total. The lowest BCUT2D eigenvalue weighted by Crippen LogP contribution is -2.28. The van der Waals surface area contributed by atoms with Crippen LogP contribution < -0.4 is 0 Å². The highest BCUT2D eigenvalue weighted by molar-refractivity contribution is 7.86. The Morgan fingerprint density at radius 3 is 2.41 bits per heavy atom. The summed E-state index contributed by atoms with van der Waals surface area (Å²) < 4.78 is 27.7. The van der Waals surface area contributed by atoms with E-state index in [0.29, 0.717) is 0 Å². The van der Waals surface area contributed by atoms with Crippen molar-refractivity contribution in [2.24, 2.45) is 0 Å². The smallest absolute Gasteiger partial charge is 0.264 e. The molecule has 3 nitrogen and oxygen atoms in total. The van der Waals surface area contributed by atoms with Crippen LogP contribution in [-0.2, 0) is 14.3 Å². The van der Waals surface area contributed by atoms with Crippen molar-refractivity contribution in [2.75, 3.05) is 6.26 Å². The molecule has 2 unspecified atom stereocenters. The van der Waals surface area contributed by atoms with E-state index >= 15 is 0 Å². The van der Waals surface area contributed by atoms with Gasteiger partial charge in [0.2, 0.25) is 0 Å². The topological polar surface area (TPSA) is 43.4 Å². The molecule has 1 aromatic rings. The first-order valence-corrected chi connectivity index (χ1v) is 7.81. The number of hydrogen-bond donors (Lipinski definition) is 0. The molecule has 1 saturated carbocycles. The van der Waals surface area contributed by atoms with Gasteiger partial charge in [-0.15, -0.1) is 0 Å². The molecule has 4 heteroatoms. The summed E-state index contributed by atoms with van der Waals surface area (Å²) >= 11 is 0. The molecule has 1 aromatic carbocycles. The first kappa shape index (κ1) is 12.6. The minimum Gasteiger partial charge on any atom is -0.266 e. The van der Waals surface area contributed by atoms with Crippen molar-refractivity contribution in [1.82, 2.24) is 0 Å². The quantitative estimate of drug-likeness (QED) is 0.779. The van der Waals surface area contributed by atoms with E-state index in [1.807, 2.05) is 18.2 Å². The van der Waals surface area contributed by atoms with Gasteiger partial charge in [-0.25, -0.2) is 0 Å². The average Bonchev–Trinajstić information content (AvgIpc) is 2.29. The maximum atomic E-state index is 11.3. The Morgan fingerprint density at radius 1 is 1.12 bits per heavy atom. The first-order valence-electron chi connectivity index (χ1n) is 5.99. The van der Waals surface area contributed by atoms with Crippen LogP contribution in [0.15, 0.2) is 30.3 Å². The van der Waals surface area contributed by atoms with Gasteiger partial charge in [-0.05, 0) is 18.4 Å². The van der Waals surface area contributed by atoms with Crippen LogP contribution in [0.5, 0.6) is 0 Å². The van der Waals surface area contributed by atoms with E-state index in [2.05, 4.69) is 12.1 Å². The highest BCUT2D eigenvalue weighted by Gasteiger charge is 2.29. The predicted octanol–water partition coefficient (Wildman–Crippen LogP) is 2.69. The Labute approximate surface area is 103 Å². The lowest BCUT2D eigenvalue weighted by Gasteiger charge is -2.30. The van der Waals surface area contributed by atoms with E-state index < -0.39 is 10.1 Å². The molecule has 0 spiro atoms. The molecule has 1 fully saturated rings. The summed E-state index contributed by atoms with van der Waals surface area (Å²) in [5.41, 5.74) is 1.18. The largest absolute Gasteiger partial charge is 0.266 e. The van der Waals surface area contributed by atoms with Crippen molar-refractivity contribution in [1.29, 1.82) is 0 Å². The molecule has 1 aliphatic rings. The van der Waals surface area contributed by atoms with Gasteiger partial charge in [0, 0.05) is 5.92 Å². The molecule has 0 amide bonds. The van der Waals surface area contributed by atoms with Gasteiger partial charge in [0.1, 0.15) is 0 Å². The van der Waals surface area contributed by atoms with Gasteiger partial charge in [0.25, 0.3) is 10.1 Å². The van der Waals surface area contributed by atoms with Crippen LogP contribution in [0.1, 0.15) is 37.2 Å². The standard InChI is InChI=1S/C13H18O3S/c1-17(14,15)16-13-10-6-5-9-12(13)11-7-3-2-4-8-11/h2-4,7-8,12-13H,5-6,9-10H2,1H3. The van der Waals surface area contributed by atoms with Crippen molar-refractivity contribution in [3.05, 3.63) is 35.9 Å². The van der Waals surface area contributed by atoms with Crippen LogP contribution >= 0.6 is 0 Å². The van der Waals surface area contributed by atoms with Crippen LogP contribution in [0.2, 0.25) is 0 Å². The second kappa shape index (κ2) is 5.19. The highest BCUT2D eigenvalue weighted by atomic mass is 32.2. The average molecular weight is 254 g/mol. The van der Waals surface area contributed by atoms with E-state index in [0.717, 1.165) is 31.9 Å². The van der Waals surface area contributed by atoms with E-state index in [4.69, 9.17) is 4.18 Å². The van der Waals surface area contributed by atoms with Crippen LogP contribution in [0.25, 0.3) is 0 Å². The van der Waals surface area contributed by atoms with Crippen LogP contribution in [0.3, 0.4) is 0 Å². The molecule has 2 rings (SSSR count). The van der Waals surface area contributed by atoms with E-state index in [-0.39, 0.29) is 12.0 Å². The van der Waals surface area contributed by atoms with Crippen molar-refractivity contribution in [2.45, 2.75) is 37.7 Å². The molecule has 17 heavy (non-hydrogen) atoms. The Kier molecular flexibility index (Phi) is 3.84. The third-order valence-corrected chi connectivity index (χ3v) is 3.83. The Hall–Kier alpha value is -0.870. The fourth-order valence-corrected chi connectivity index (χ4v) is 3.20. The van der Waals surface area contributed by atoms with Gasteiger partial charge < -0.3 is 0 Å². The number of hydrogen-bond acceptors (Lipinski definition) is 3. The number of benzene rings is 1. The van der Waals surface area contributed by atoms with Crippen molar-refractivity contribution < 1.29 is 12.6 Å². The molecule has 1 aliphatic carbocycles. The zero-order chi connectivity index (χ0) is 12.3. The summed E-state index contributed by atoms with van der Waals surface area (Å²) in [6.45, 7) is 0. The molecule has 2 atom stereocenters. The van der Waals surface area contributed by atoms with Crippen molar-refractivity contribution >= 4 is 10.1 Å². The number of rotatable bonds is 3. The van der Waals surface area contributed by atoms with Gasteiger partial charge in [-0.3, -0.25) is 4.18 Å². The summed E-state index contributed by atoms with van der Waals surface area (Å²) in [7, 11) is -3.36. The van der Waals surface area contributed by atoms with E-state index in [9.17, 15) is 8.42 Å². The Balaban J connectivity index is 2.18. The monoisotopic (exact) mass is 254 g/mol. The fraction of sp³-hybridized carbons (Fsp3) is 0.538. The summed E-state index contributed by atoms with van der Waals surface area (Å²) in [6, 6.07) is 10.0. The van der Waals surface area contributed by atoms with E-state index in [1.165, 1.54) is 5.56 Å². The summed E-state index contributed by atoms with van der Waals surface area (Å²) in [4.78, 5) is 0. The first-order chi connectivity index (χ1) is 8.06. The highest BCUT2D eigenvalue weighted by Crippen LogP contribution is 2.35. The lowest BCUT2D eigenvalue weighted by atomic mass is 9.82. The molecular formula is C13H18O3S. The van der Waals surface area contributed by atoms with Gasteiger partial charge in [-0.1, -0.05) is 43.2 Å². The van der Waals surface area contributed by atoms with Crippen LogP contribution in [-0.4, -0.2) is 20.8 Å². The van der Waals surface area contributed by atoms with Crippen molar-refractivity contribution in [3.8, 4) is 0 Å². The third kappa shape index (κ3) is 3.54. The zero-order valence-electron chi connectivity index (χ0n) is 10.0. The molecule has 0 radical (unpaired) electrons. The minimum atomic E-state index is -3.36. The molecule has 0 aliphatic heterocycles. The summed E-state index contributed by atoms with van der Waals surface area (Å²) in [6.07, 6.45) is 4.95. The molecule has 0 bridgehead atoms. The second-order valence-electron chi connectivity index (χ2n) is 4.64. The van der Waals surface area contributed by atoms with Crippen LogP contribution in [0, 0.1) is 0 Å². The molecule has 0 aromatic heterocycles. The molecule has 0 saturated heterocycles. The fourth-order valence-electron chi connectivity index (χ4n) is 2.52. The summed E-state index contributed by atoms with van der Waals surface area (Å²) in [5, 5.41) is 0. The SMILES string of the molecule is CS(=O)(=O)OC1CCCCC1c1ccccc1. The predicted molar refractivity (Wildman–Crippen MR) is 67.4 cm³/mol. The van der Waals surface area contributed by atoms with Crippen molar-refractivity contribution in [3.63, 3.8) is 0 Å². The van der Waals surface area contributed by atoms with Gasteiger partial charge in [0.15, 0.2) is 0 Å². The van der Waals surface area contributed by atoms with Gasteiger partial charge in [-0.2, -0.15) is 8.42 Å². The molecular weight excluding hydrogens is 236 g/mol. The van der Waals surface area contributed by atoms with Crippen LogP contribution in [0.4, 0.5) is 0 Å². The molecule has 94 valence electrons. The molecule has 0 heterocycles. The minimum absolute atomic E-state index is 0.193. The lowest BCUT2D eigenvalue weighted by molar-refractivity contribution is 0.138. The maximum Gasteiger partial charge on any atom is 0.264 e. The Bertz CT molecular complexity index is 453. The van der Waals surface area contributed by atoms with Gasteiger partial charge in [0.05, 0.1) is 12.4 Å². The summed E-state index contributed by atoms with van der Waals surface area (Å²) in [5.74, 6) is 0.208. The Morgan fingerprint density at radius 2 is 1.76 bits per heavy atom. The zero-order valence-corrected chi connectivity index (χ0v) is 10.8. The maximum absolute atomic E-state index is 11.3. The van der Waals surface area contributed by atoms with E-state index in [1.54, 1.807) is 0 Å².